The first-order valence-electron chi connectivity index (χ1n) is 10.8. The Bertz CT molecular complexity index is 1350. The number of fused-ring (bicyclic) bond motifs is 2. The number of aromatic nitrogens is 5. The van der Waals surface area contributed by atoms with Crippen LogP contribution in [-0.4, -0.2) is 36.4 Å². The SMILES string of the molecule is O=C(NCCCn1nc2ccccn2c1=O)c1nn(-c2cccc(Br)c2)c2c1CCCC2. The molecule has 1 aliphatic rings. The molecule has 1 aliphatic carbocycles. The van der Waals surface area contributed by atoms with Crippen molar-refractivity contribution in [1.29, 1.82) is 0 Å². The lowest BCUT2D eigenvalue weighted by Gasteiger charge is -2.14. The molecule has 1 aromatic carbocycles. The van der Waals surface area contributed by atoms with Crippen LogP contribution in [-0.2, 0) is 19.4 Å². The average molecular weight is 495 g/mol. The molecule has 0 spiro atoms. The van der Waals surface area contributed by atoms with E-state index >= 15 is 0 Å². The first-order chi connectivity index (χ1) is 15.6. The second-order valence-electron chi connectivity index (χ2n) is 7.92. The summed E-state index contributed by atoms with van der Waals surface area (Å²) < 4.78 is 5.83. The normalized spacial score (nSPS) is 13.3. The molecular weight excluding hydrogens is 472 g/mol. The summed E-state index contributed by atoms with van der Waals surface area (Å²) in [5.74, 6) is -0.167. The number of aryl methyl sites for hydroxylation is 1. The Hall–Kier alpha value is -3.20. The van der Waals surface area contributed by atoms with Crippen molar-refractivity contribution in [3.8, 4) is 5.69 Å². The molecule has 8 nitrogen and oxygen atoms in total. The lowest BCUT2D eigenvalue weighted by molar-refractivity contribution is 0.0946. The molecule has 4 aromatic rings. The van der Waals surface area contributed by atoms with Gasteiger partial charge in [-0.3, -0.25) is 9.20 Å². The molecule has 5 rings (SSSR count). The van der Waals surface area contributed by atoms with Gasteiger partial charge < -0.3 is 5.32 Å². The molecule has 164 valence electrons. The molecule has 0 saturated heterocycles. The maximum absolute atomic E-state index is 13.0. The lowest BCUT2D eigenvalue weighted by Crippen LogP contribution is -2.28. The lowest BCUT2D eigenvalue weighted by atomic mass is 9.95. The summed E-state index contributed by atoms with van der Waals surface area (Å²) in [6, 6.07) is 13.4. The van der Waals surface area contributed by atoms with Crippen LogP contribution in [0.1, 0.15) is 41.0 Å². The van der Waals surface area contributed by atoms with Crippen molar-refractivity contribution in [2.75, 3.05) is 6.54 Å². The molecule has 0 unspecified atom stereocenters. The number of hydrogen-bond acceptors (Lipinski definition) is 4. The fourth-order valence-corrected chi connectivity index (χ4v) is 4.62. The number of pyridine rings is 1. The van der Waals surface area contributed by atoms with Crippen molar-refractivity contribution in [2.24, 2.45) is 0 Å². The standard InChI is InChI=1S/C23H23BrN6O2/c24-16-7-5-8-17(15-16)30-19-10-2-1-9-18(19)21(27-30)22(31)25-12-6-14-29-23(32)28-13-4-3-11-20(28)26-29/h3-5,7-8,11,13,15H,1-2,6,9-10,12,14H2,(H,25,31). The summed E-state index contributed by atoms with van der Waals surface area (Å²) in [5.41, 5.74) is 4.06. The maximum Gasteiger partial charge on any atom is 0.350 e. The van der Waals surface area contributed by atoms with Crippen LogP contribution in [0.2, 0.25) is 0 Å². The van der Waals surface area contributed by atoms with Crippen LogP contribution in [0, 0.1) is 0 Å². The maximum atomic E-state index is 13.0. The Morgan fingerprint density at radius 1 is 1.09 bits per heavy atom. The topological polar surface area (TPSA) is 86.2 Å². The summed E-state index contributed by atoms with van der Waals surface area (Å²) in [5, 5.41) is 12.0. The van der Waals surface area contributed by atoms with Crippen molar-refractivity contribution in [2.45, 2.75) is 38.6 Å². The van der Waals surface area contributed by atoms with Crippen LogP contribution >= 0.6 is 15.9 Å². The zero-order valence-electron chi connectivity index (χ0n) is 17.5. The Balaban J connectivity index is 1.29. The number of carbonyl (C=O) groups excluding carboxylic acids is 1. The van der Waals surface area contributed by atoms with Crippen molar-refractivity contribution < 1.29 is 4.79 Å². The molecule has 32 heavy (non-hydrogen) atoms. The third-order valence-electron chi connectivity index (χ3n) is 5.77. The van der Waals surface area contributed by atoms with Gasteiger partial charge in [-0.2, -0.15) is 5.10 Å². The molecule has 9 heteroatoms. The predicted octanol–water partition coefficient (Wildman–Crippen LogP) is 3.14. The molecule has 1 amide bonds. The van der Waals surface area contributed by atoms with E-state index in [1.54, 1.807) is 18.3 Å². The minimum atomic E-state index is -0.172. The predicted molar refractivity (Wildman–Crippen MR) is 124 cm³/mol. The van der Waals surface area contributed by atoms with Gasteiger partial charge in [0, 0.05) is 35.0 Å². The number of nitrogens with zero attached hydrogens (tertiary/aromatic N) is 5. The van der Waals surface area contributed by atoms with E-state index < -0.39 is 0 Å². The number of benzene rings is 1. The zero-order valence-corrected chi connectivity index (χ0v) is 19.1. The number of amides is 1. The van der Waals surface area contributed by atoms with Crippen molar-refractivity contribution in [1.82, 2.24) is 29.3 Å². The highest BCUT2D eigenvalue weighted by Gasteiger charge is 2.25. The highest BCUT2D eigenvalue weighted by atomic mass is 79.9. The first-order valence-corrected chi connectivity index (χ1v) is 11.6. The van der Waals surface area contributed by atoms with Gasteiger partial charge in [-0.25, -0.2) is 14.2 Å². The van der Waals surface area contributed by atoms with E-state index in [9.17, 15) is 9.59 Å². The van der Waals surface area contributed by atoms with E-state index in [0.717, 1.165) is 47.1 Å². The molecule has 0 bridgehead atoms. The zero-order chi connectivity index (χ0) is 22.1. The second kappa shape index (κ2) is 8.74. The smallest absolute Gasteiger partial charge is 0.350 e. The Labute approximate surface area is 193 Å². The molecule has 3 aromatic heterocycles. The Kier molecular flexibility index (Phi) is 5.65. The molecule has 3 heterocycles. The van der Waals surface area contributed by atoms with Crippen LogP contribution in [0.25, 0.3) is 11.3 Å². The van der Waals surface area contributed by atoms with E-state index in [0.29, 0.717) is 30.9 Å². The van der Waals surface area contributed by atoms with Gasteiger partial charge in [0.25, 0.3) is 5.91 Å². The molecule has 0 atom stereocenters. The Morgan fingerprint density at radius 3 is 2.81 bits per heavy atom. The molecule has 0 radical (unpaired) electrons. The van der Waals surface area contributed by atoms with Crippen LogP contribution in [0.15, 0.2) is 57.9 Å². The number of carbonyl (C=O) groups is 1. The van der Waals surface area contributed by atoms with Crippen molar-refractivity contribution in [3.63, 3.8) is 0 Å². The van der Waals surface area contributed by atoms with Crippen LogP contribution in [0.5, 0.6) is 0 Å². The Morgan fingerprint density at radius 2 is 1.97 bits per heavy atom. The number of hydrogen-bond donors (Lipinski definition) is 1. The summed E-state index contributed by atoms with van der Waals surface area (Å²) in [6.07, 6.45) is 6.25. The number of rotatable bonds is 6. The van der Waals surface area contributed by atoms with E-state index in [4.69, 9.17) is 5.10 Å². The minimum Gasteiger partial charge on any atom is -0.351 e. The van der Waals surface area contributed by atoms with E-state index in [1.807, 2.05) is 35.0 Å². The summed E-state index contributed by atoms with van der Waals surface area (Å²) in [4.78, 5) is 25.3. The highest BCUT2D eigenvalue weighted by Crippen LogP contribution is 2.27. The van der Waals surface area contributed by atoms with Crippen molar-refractivity contribution in [3.05, 3.63) is 80.6 Å². The first kappa shape index (κ1) is 20.7. The third kappa shape index (κ3) is 3.88. The molecular formula is C23H23BrN6O2. The van der Waals surface area contributed by atoms with Gasteiger partial charge in [0.05, 0.1) is 5.69 Å². The number of nitrogens with one attached hydrogen (secondary N) is 1. The average Bonchev–Trinajstić information content (AvgIpc) is 3.35. The quantitative estimate of drug-likeness (QED) is 0.417. The van der Waals surface area contributed by atoms with Crippen molar-refractivity contribution >= 4 is 27.5 Å². The fourth-order valence-electron chi connectivity index (χ4n) is 4.23. The molecule has 0 fully saturated rings. The summed E-state index contributed by atoms with van der Waals surface area (Å²) >= 11 is 3.52. The monoisotopic (exact) mass is 494 g/mol. The highest BCUT2D eigenvalue weighted by molar-refractivity contribution is 9.10. The largest absolute Gasteiger partial charge is 0.351 e. The van der Waals surface area contributed by atoms with Crippen LogP contribution in [0.4, 0.5) is 0 Å². The van der Waals surface area contributed by atoms with E-state index in [-0.39, 0.29) is 11.6 Å². The molecule has 0 saturated carbocycles. The van der Waals surface area contributed by atoms with Crippen LogP contribution in [0.3, 0.4) is 0 Å². The van der Waals surface area contributed by atoms with Gasteiger partial charge in [0.15, 0.2) is 11.3 Å². The molecule has 1 N–H and O–H groups in total. The van der Waals surface area contributed by atoms with E-state index in [2.05, 4.69) is 26.3 Å². The van der Waals surface area contributed by atoms with Crippen LogP contribution < -0.4 is 11.0 Å². The van der Waals surface area contributed by atoms with Gasteiger partial charge in [-0.1, -0.05) is 28.1 Å². The second-order valence-corrected chi connectivity index (χ2v) is 8.83. The van der Waals surface area contributed by atoms with Gasteiger partial charge in [0.2, 0.25) is 0 Å². The summed E-state index contributed by atoms with van der Waals surface area (Å²) in [7, 11) is 0. The minimum absolute atomic E-state index is 0.167. The summed E-state index contributed by atoms with van der Waals surface area (Å²) in [6.45, 7) is 0.878. The molecule has 0 aliphatic heterocycles. The van der Waals surface area contributed by atoms with Gasteiger partial charge in [-0.05, 0) is 62.4 Å². The third-order valence-corrected chi connectivity index (χ3v) is 6.26. The van der Waals surface area contributed by atoms with Gasteiger partial charge in [0.1, 0.15) is 0 Å². The van der Waals surface area contributed by atoms with Gasteiger partial charge >= 0.3 is 5.69 Å². The fraction of sp³-hybridized carbons (Fsp3) is 0.304. The van der Waals surface area contributed by atoms with E-state index in [1.165, 1.54) is 9.08 Å². The number of halogens is 1. The van der Waals surface area contributed by atoms with Gasteiger partial charge in [-0.15, -0.1) is 5.10 Å².